The van der Waals surface area contributed by atoms with Crippen LogP contribution >= 0.6 is 0 Å². The number of ether oxygens (including phenoxy) is 1. The zero-order chi connectivity index (χ0) is 7.84. The zero-order valence-electron chi connectivity index (χ0n) is 6.67. The largest absolute Gasteiger partial charge is 0.370 e. The van der Waals surface area contributed by atoms with Gasteiger partial charge in [0.25, 0.3) is 0 Å². The van der Waals surface area contributed by atoms with E-state index in [1.54, 1.807) is 6.92 Å². The Morgan fingerprint density at radius 2 is 2.27 bits per heavy atom. The van der Waals surface area contributed by atoms with Gasteiger partial charge < -0.3 is 10.1 Å². The molecule has 0 spiro atoms. The predicted molar refractivity (Wildman–Crippen MR) is 40.1 cm³/mol. The second-order valence-corrected chi connectivity index (χ2v) is 3.42. The van der Waals surface area contributed by atoms with E-state index in [2.05, 4.69) is 5.32 Å². The first-order valence-electron chi connectivity index (χ1n) is 4.18. The van der Waals surface area contributed by atoms with Crippen LogP contribution in [0, 0.1) is 0 Å². The summed E-state index contributed by atoms with van der Waals surface area (Å²) in [6, 6.07) is 0.372. The molecule has 0 aromatic heterocycles. The normalized spacial score (nSPS) is 41.0. The van der Waals surface area contributed by atoms with Crippen LogP contribution in [0.3, 0.4) is 0 Å². The Kier molecular flexibility index (Phi) is 1.60. The fourth-order valence-electron chi connectivity index (χ4n) is 1.82. The van der Waals surface area contributed by atoms with Crippen molar-refractivity contribution in [1.82, 2.24) is 5.32 Å². The molecular weight excluding hydrogens is 142 g/mol. The number of hydrogen-bond donors (Lipinski definition) is 1. The number of carbonyl (C=O) groups is 1. The van der Waals surface area contributed by atoms with Crippen molar-refractivity contribution in [2.45, 2.75) is 44.4 Å². The molecule has 62 valence electrons. The minimum atomic E-state index is 0.0779. The molecule has 11 heavy (non-hydrogen) atoms. The molecule has 2 aliphatic rings. The lowest BCUT2D eigenvalue weighted by atomic mass is 9.95. The van der Waals surface area contributed by atoms with Crippen LogP contribution < -0.4 is 5.32 Å². The van der Waals surface area contributed by atoms with Crippen LogP contribution in [-0.2, 0) is 9.53 Å². The lowest BCUT2D eigenvalue weighted by molar-refractivity contribution is -0.119. The maximum atomic E-state index is 10.7. The highest BCUT2D eigenvalue weighted by Crippen LogP contribution is 2.36. The topological polar surface area (TPSA) is 41.6 Å². The molecule has 3 nitrogen and oxygen atoms in total. The Morgan fingerprint density at radius 3 is 2.91 bits per heavy atom. The molecule has 0 aromatic carbocycles. The Bertz CT molecular complexity index is 181. The first-order valence-corrected chi connectivity index (χ1v) is 4.18. The Labute approximate surface area is 66.1 Å². The molecule has 3 heteroatoms. The van der Waals surface area contributed by atoms with E-state index < -0.39 is 0 Å². The average molecular weight is 155 g/mol. The molecule has 3 atom stereocenters. The van der Waals surface area contributed by atoms with Gasteiger partial charge in [0.05, 0.1) is 12.2 Å². The molecule has 1 aliphatic carbocycles. The lowest BCUT2D eigenvalue weighted by Crippen LogP contribution is -2.36. The van der Waals surface area contributed by atoms with Gasteiger partial charge in [-0.05, 0) is 19.3 Å². The summed E-state index contributed by atoms with van der Waals surface area (Å²) < 4.78 is 5.34. The third-order valence-electron chi connectivity index (χ3n) is 2.41. The Hall–Kier alpha value is -0.570. The first kappa shape index (κ1) is 7.10. The fraction of sp³-hybridized carbons (Fsp3) is 0.875. The van der Waals surface area contributed by atoms with Gasteiger partial charge >= 0.3 is 0 Å². The van der Waals surface area contributed by atoms with Crippen LogP contribution in [0.4, 0.5) is 0 Å². The third kappa shape index (κ3) is 1.53. The predicted octanol–water partition coefficient (Wildman–Crippen LogP) is 0.442. The standard InChI is InChI=1S/C8H13NO2/c1-5(10)9-6-2-3-7-8(4-6)11-7/h6-8H,2-4H2,1H3,(H,9,10). The van der Waals surface area contributed by atoms with Crippen molar-refractivity contribution in [3.05, 3.63) is 0 Å². The van der Waals surface area contributed by atoms with Crippen molar-refractivity contribution >= 4 is 5.91 Å². The van der Waals surface area contributed by atoms with Crippen LogP contribution in [0.1, 0.15) is 26.2 Å². The van der Waals surface area contributed by atoms with Gasteiger partial charge in [0, 0.05) is 13.0 Å². The Morgan fingerprint density at radius 1 is 1.45 bits per heavy atom. The second-order valence-electron chi connectivity index (χ2n) is 3.42. The molecule has 0 aromatic rings. The molecule has 0 bridgehead atoms. The molecule has 3 unspecified atom stereocenters. The van der Waals surface area contributed by atoms with E-state index in [-0.39, 0.29) is 5.91 Å². The number of fused-ring (bicyclic) bond motifs is 1. The minimum absolute atomic E-state index is 0.0779. The lowest BCUT2D eigenvalue weighted by Gasteiger charge is -2.18. The average Bonchev–Trinajstić information content (AvgIpc) is 2.63. The van der Waals surface area contributed by atoms with E-state index in [1.165, 1.54) is 0 Å². The molecule has 1 aliphatic heterocycles. The highest BCUT2D eigenvalue weighted by Gasteiger charge is 2.43. The number of nitrogens with one attached hydrogen (secondary N) is 1. The van der Waals surface area contributed by atoms with Crippen LogP contribution in [0.2, 0.25) is 0 Å². The molecular formula is C8H13NO2. The van der Waals surface area contributed by atoms with Gasteiger partial charge in [-0.15, -0.1) is 0 Å². The van der Waals surface area contributed by atoms with Gasteiger partial charge in [-0.1, -0.05) is 0 Å². The summed E-state index contributed by atoms with van der Waals surface area (Å²) in [6.45, 7) is 1.57. The SMILES string of the molecule is CC(=O)NC1CCC2OC2C1. The highest BCUT2D eigenvalue weighted by atomic mass is 16.6. The summed E-state index contributed by atoms with van der Waals surface area (Å²) in [7, 11) is 0. The van der Waals surface area contributed by atoms with Crippen LogP contribution in [-0.4, -0.2) is 24.2 Å². The summed E-state index contributed by atoms with van der Waals surface area (Å²) >= 11 is 0. The van der Waals surface area contributed by atoms with Crippen molar-refractivity contribution in [3.8, 4) is 0 Å². The van der Waals surface area contributed by atoms with E-state index in [0.717, 1.165) is 19.3 Å². The number of rotatable bonds is 1. The zero-order valence-corrected chi connectivity index (χ0v) is 6.67. The van der Waals surface area contributed by atoms with Gasteiger partial charge in [-0.2, -0.15) is 0 Å². The van der Waals surface area contributed by atoms with Crippen LogP contribution in [0.5, 0.6) is 0 Å². The number of epoxide rings is 1. The fourth-order valence-corrected chi connectivity index (χ4v) is 1.82. The molecule has 1 saturated carbocycles. The quantitative estimate of drug-likeness (QED) is 0.558. The van der Waals surface area contributed by atoms with E-state index in [9.17, 15) is 4.79 Å². The van der Waals surface area contributed by atoms with Gasteiger partial charge in [0.2, 0.25) is 5.91 Å². The van der Waals surface area contributed by atoms with Crippen molar-refractivity contribution in [1.29, 1.82) is 0 Å². The molecule has 1 saturated heterocycles. The van der Waals surface area contributed by atoms with Crippen LogP contribution in [0.15, 0.2) is 0 Å². The van der Waals surface area contributed by atoms with E-state index in [1.807, 2.05) is 0 Å². The molecule has 2 rings (SSSR count). The van der Waals surface area contributed by atoms with Crippen molar-refractivity contribution in [2.24, 2.45) is 0 Å². The van der Waals surface area contributed by atoms with Gasteiger partial charge in [0.1, 0.15) is 0 Å². The molecule has 1 N–H and O–H groups in total. The van der Waals surface area contributed by atoms with E-state index in [0.29, 0.717) is 18.2 Å². The summed E-state index contributed by atoms with van der Waals surface area (Å²) in [5.74, 6) is 0.0779. The maximum absolute atomic E-state index is 10.7. The van der Waals surface area contributed by atoms with Crippen molar-refractivity contribution in [3.63, 3.8) is 0 Å². The van der Waals surface area contributed by atoms with E-state index >= 15 is 0 Å². The second kappa shape index (κ2) is 2.48. The molecule has 0 radical (unpaired) electrons. The number of hydrogen-bond acceptors (Lipinski definition) is 2. The molecule has 1 heterocycles. The number of amides is 1. The van der Waals surface area contributed by atoms with Crippen LogP contribution in [0.25, 0.3) is 0 Å². The van der Waals surface area contributed by atoms with Crippen molar-refractivity contribution < 1.29 is 9.53 Å². The van der Waals surface area contributed by atoms with E-state index in [4.69, 9.17) is 4.74 Å². The minimum Gasteiger partial charge on any atom is -0.370 e. The third-order valence-corrected chi connectivity index (χ3v) is 2.41. The van der Waals surface area contributed by atoms with Gasteiger partial charge in [-0.3, -0.25) is 4.79 Å². The smallest absolute Gasteiger partial charge is 0.217 e. The van der Waals surface area contributed by atoms with Crippen molar-refractivity contribution in [2.75, 3.05) is 0 Å². The van der Waals surface area contributed by atoms with Gasteiger partial charge in [-0.25, -0.2) is 0 Å². The summed E-state index contributed by atoms with van der Waals surface area (Å²) in [4.78, 5) is 10.7. The first-order chi connectivity index (χ1) is 5.25. The monoisotopic (exact) mass is 155 g/mol. The molecule has 1 amide bonds. The maximum Gasteiger partial charge on any atom is 0.217 e. The highest BCUT2D eigenvalue weighted by molar-refractivity contribution is 5.73. The molecule has 2 fully saturated rings. The summed E-state index contributed by atoms with van der Waals surface area (Å²) in [6.07, 6.45) is 4.21. The van der Waals surface area contributed by atoms with Gasteiger partial charge in [0.15, 0.2) is 0 Å². The number of carbonyl (C=O) groups excluding carboxylic acids is 1. The summed E-state index contributed by atoms with van der Waals surface area (Å²) in [5.41, 5.74) is 0. The Balaban J connectivity index is 1.81. The summed E-state index contributed by atoms with van der Waals surface area (Å²) in [5, 5.41) is 2.92.